The Labute approximate surface area is 95.0 Å². The number of hydrogen-bond donors (Lipinski definition) is 0. The van der Waals surface area contributed by atoms with E-state index in [2.05, 4.69) is 0 Å². The molecule has 0 spiro atoms. The summed E-state index contributed by atoms with van der Waals surface area (Å²) < 4.78 is 40.7. The van der Waals surface area contributed by atoms with Crippen LogP contribution < -0.4 is 4.74 Å². The lowest BCUT2D eigenvalue weighted by Crippen LogP contribution is -2.14. The van der Waals surface area contributed by atoms with Gasteiger partial charge < -0.3 is 4.74 Å². The van der Waals surface area contributed by atoms with Gasteiger partial charge in [0.15, 0.2) is 5.78 Å². The number of Topliss-reactive ketones (excluding diaryl/α,β-unsaturated/α-hetero) is 1. The first-order valence-electron chi connectivity index (χ1n) is 4.27. The quantitative estimate of drug-likeness (QED) is 0.770. The Morgan fingerprint density at radius 1 is 1.44 bits per heavy atom. The monoisotopic (exact) mass is 252 g/mol. The van der Waals surface area contributed by atoms with E-state index >= 15 is 0 Å². The average Bonchev–Trinajstić information content (AvgIpc) is 2.15. The SMILES string of the molecule is COc1ccc(C(=O)CC(F)(F)F)cc1Cl. The summed E-state index contributed by atoms with van der Waals surface area (Å²) in [4.78, 5) is 11.2. The van der Waals surface area contributed by atoms with E-state index in [4.69, 9.17) is 16.3 Å². The average molecular weight is 253 g/mol. The molecule has 0 bridgehead atoms. The maximum atomic E-state index is 12.0. The lowest BCUT2D eigenvalue weighted by molar-refractivity contribution is -0.125. The number of ketones is 1. The van der Waals surface area contributed by atoms with Gasteiger partial charge in [-0.3, -0.25) is 4.79 Å². The molecule has 0 aliphatic rings. The van der Waals surface area contributed by atoms with Crippen LogP contribution in [0.3, 0.4) is 0 Å². The highest BCUT2D eigenvalue weighted by Crippen LogP contribution is 2.27. The number of alkyl halides is 3. The Bertz CT molecular complexity index is 402. The van der Waals surface area contributed by atoms with Crippen molar-refractivity contribution in [2.75, 3.05) is 7.11 Å². The molecule has 0 unspecified atom stereocenters. The molecule has 0 saturated carbocycles. The molecule has 0 radical (unpaired) electrons. The summed E-state index contributed by atoms with van der Waals surface area (Å²) in [5, 5.41) is 0.107. The summed E-state index contributed by atoms with van der Waals surface area (Å²) in [5.74, 6) is -0.706. The first-order valence-corrected chi connectivity index (χ1v) is 4.65. The fraction of sp³-hybridized carbons (Fsp3) is 0.300. The summed E-state index contributed by atoms with van der Waals surface area (Å²) in [6.07, 6.45) is -6.00. The Morgan fingerprint density at radius 2 is 2.06 bits per heavy atom. The van der Waals surface area contributed by atoms with Crippen LogP contribution in [0.4, 0.5) is 13.2 Å². The highest BCUT2D eigenvalue weighted by Gasteiger charge is 2.31. The molecule has 0 heterocycles. The molecule has 0 fully saturated rings. The van der Waals surface area contributed by atoms with Crippen molar-refractivity contribution in [1.82, 2.24) is 0 Å². The van der Waals surface area contributed by atoms with Gasteiger partial charge >= 0.3 is 6.18 Å². The van der Waals surface area contributed by atoms with Crippen molar-refractivity contribution in [3.63, 3.8) is 0 Å². The molecule has 0 aromatic heterocycles. The van der Waals surface area contributed by atoms with Gasteiger partial charge in [-0.15, -0.1) is 0 Å². The van der Waals surface area contributed by atoms with Gasteiger partial charge in [0.05, 0.1) is 12.1 Å². The van der Waals surface area contributed by atoms with E-state index in [1.807, 2.05) is 0 Å². The Kier molecular flexibility index (Phi) is 3.80. The molecule has 0 saturated heterocycles. The predicted molar refractivity (Wildman–Crippen MR) is 53.0 cm³/mol. The topological polar surface area (TPSA) is 26.3 Å². The van der Waals surface area contributed by atoms with Crippen LogP contribution >= 0.6 is 11.6 Å². The number of benzene rings is 1. The van der Waals surface area contributed by atoms with E-state index in [1.165, 1.54) is 19.2 Å². The third-order valence-electron chi connectivity index (χ3n) is 1.83. The molecule has 0 aliphatic heterocycles. The molecule has 6 heteroatoms. The van der Waals surface area contributed by atoms with Crippen LogP contribution in [0.2, 0.25) is 5.02 Å². The highest BCUT2D eigenvalue weighted by molar-refractivity contribution is 6.32. The lowest BCUT2D eigenvalue weighted by atomic mass is 10.1. The zero-order valence-corrected chi connectivity index (χ0v) is 9.02. The number of carbonyl (C=O) groups is 1. The van der Waals surface area contributed by atoms with Crippen LogP contribution in [0.15, 0.2) is 18.2 Å². The number of hydrogen-bond acceptors (Lipinski definition) is 2. The lowest BCUT2D eigenvalue weighted by Gasteiger charge is -2.07. The molecule has 16 heavy (non-hydrogen) atoms. The number of methoxy groups -OCH3 is 1. The molecule has 88 valence electrons. The zero-order valence-electron chi connectivity index (χ0n) is 8.27. The maximum absolute atomic E-state index is 12.0. The van der Waals surface area contributed by atoms with Gasteiger partial charge in [-0.05, 0) is 18.2 Å². The zero-order chi connectivity index (χ0) is 12.3. The largest absolute Gasteiger partial charge is 0.495 e. The summed E-state index contributed by atoms with van der Waals surface area (Å²) in [5.41, 5.74) is -0.0804. The second kappa shape index (κ2) is 4.74. The van der Waals surface area contributed by atoms with Gasteiger partial charge in [0.25, 0.3) is 0 Å². The van der Waals surface area contributed by atoms with E-state index in [0.717, 1.165) is 6.07 Å². The van der Waals surface area contributed by atoms with E-state index in [0.29, 0.717) is 5.75 Å². The minimum absolute atomic E-state index is 0.0804. The van der Waals surface area contributed by atoms with Crippen molar-refractivity contribution in [2.24, 2.45) is 0 Å². The summed E-state index contributed by atoms with van der Waals surface area (Å²) >= 11 is 5.69. The summed E-state index contributed by atoms with van der Waals surface area (Å²) in [7, 11) is 1.37. The van der Waals surface area contributed by atoms with Crippen LogP contribution in [-0.4, -0.2) is 19.1 Å². The van der Waals surface area contributed by atoms with Crippen LogP contribution in [0, 0.1) is 0 Å². The van der Waals surface area contributed by atoms with Gasteiger partial charge in [0, 0.05) is 5.56 Å². The number of carbonyl (C=O) groups excluding carboxylic acids is 1. The normalized spacial score (nSPS) is 11.3. The van der Waals surface area contributed by atoms with Crippen LogP contribution in [0.5, 0.6) is 5.75 Å². The summed E-state index contributed by atoms with van der Waals surface area (Å²) in [6, 6.07) is 3.76. The number of rotatable bonds is 3. The van der Waals surface area contributed by atoms with Crippen molar-refractivity contribution in [3.05, 3.63) is 28.8 Å². The minimum atomic E-state index is -4.51. The van der Waals surface area contributed by atoms with E-state index in [1.54, 1.807) is 0 Å². The first-order chi connectivity index (χ1) is 7.33. The van der Waals surface area contributed by atoms with Crippen molar-refractivity contribution < 1.29 is 22.7 Å². The van der Waals surface area contributed by atoms with Gasteiger partial charge in [0.1, 0.15) is 12.2 Å². The van der Waals surface area contributed by atoms with Crippen LogP contribution in [0.1, 0.15) is 16.8 Å². The number of ether oxygens (including phenoxy) is 1. The fourth-order valence-corrected chi connectivity index (χ4v) is 1.38. The molecule has 1 aromatic rings. The van der Waals surface area contributed by atoms with E-state index in [9.17, 15) is 18.0 Å². The van der Waals surface area contributed by atoms with E-state index < -0.39 is 18.4 Å². The van der Waals surface area contributed by atoms with E-state index in [-0.39, 0.29) is 10.6 Å². The molecule has 1 aromatic carbocycles. The Hall–Kier alpha value is -1.23. The smallest absolute Gasteiger partial charge is 0.396 e. The van der Waals surface area contributed by atoms with Crippen LogP contribution in [0.25, 0.3) is 0 Å². The van der Waals surface area contributed by atoms with Gasteiger partial charge in [-0.25, -0.2) is 0 Å². The highest BCUT2D eigenvalue weighted by atomic mass is 35.5. The first kappa shape index (κ1) is 12.8. The maximum Gasteiger partial charge on any atom is 0.396 e. The third-order valence-corrected chi connectivity index (χ3v) is 2.13. The molecule has 0 amide bonds. The third kappa shape index (κ3) is 3.41. The fourth-order valence-electron chi connectivity index (χ4n) is 1.12. The van der Waals surface area contributed by atoms with Crippen molar-refractivity contribution in [1.29, 1.82) is 0 Å². The van der Waals surface area contributed by atoms with Crippen molar-refractivity contribution in [3.8, 4) is 5.75 Å². The minimum Gasteiger partial charge on any atom is -0.495 e. The predicted octanol–water partition coefficient (Wildman–Crippen LogP) is 3.48. The van der Waals surface area contributed by atoms with Gasteiger partial charge in [-0.1, -0.05) is 11.6 Å². The standard InChI is InChI=1S/C10H8ClF3O2/c1-16-9-3-2-6(4-7(9)11)8(15)5-10(12,13)14/h2-4H,5H2,1H3. The molecule has 0 atom stereocenters. The molecule has 0 N–H and O–H groups in total. The molecule has 1 rings (SSSR count). The molecular formula is C10H8ClF3O2. The number of halogens is 4. The Balaban J connectivity index is 2.89. The van der Waals surface area contributed by atoms with Gasteiger partial charge in [-0.2, -0.15) is 13.2 Å². The van der Waals surface area contributed by atoms with Crippen molar-refractivity contribution in [2.45, 2.75) is 12.6 Å². The van der Waals surface area contributed by atoms with Crippen LogP contribution in [-0.2, 0) is 0 Å². The second-order valence-corrected chi connectivity index (χ2v) is 3.47. The summed E-state index contributed by atoms with van der Waals surface area (Å²) in [6.45, 7) is 0. The van der Waals surface area contributed by atoms with Crippen molar-refractivity contribution >= 4 is 17.4 Å². The molecule has 0 aliphatic carbocycles. The molecule has 2 nitrogen and oxygen atoms in total. The van der Waals surface area contributed by atoms with Gasteiger partial charge in [0.2, 0.25) is 0 Å². The molecular weight excluding hydrogens is 245 g/mol. The Morgan fingerprint density at radius 3 is 2.50 bits per heavy atom. The second-order valence-electron chi connectivity index (χ2n) is 3.06.